The highest BCUT2D eigenvalue weighted by molar-refractivity contribution is 4.82. The van der Waals surface area contributed by atoms with Crippen LogP contribution in [0.4, 0.5) is 0 Å². The summed E-state index contributed by atoms with van der Waals surface area (Å²) in [4.78, 5) is 0. The molecule has 1 rings (SSSR count). The highest BCUT2D eigenvalue weighted by Crippen LogP contribution is 2.29. The third-order valence-electron chi connectivity index (χ3n) is 3.49. The molecule has 1 fully saturated rings. The third kappa shape index (κ3) is 6.49. The van der Waals surface area contributed by atoms with Gasteiger partial charge in [-0.1, -0.05) is 51.9 Å². The molecule has 16 heavy (non-hydrogen) atoms. The summed E-state index contributed by atoms with van der Waals surface area (Å²) in [5, 5.41) is 8.63. The Balaban J connectivity index is 1.69. The Morgan fingerprint density at radius 1 is 0.812 bits per heavy atom. The van der Waals surface area contributed by atoms with Crippen LogP contribution in [0.5, 0.6) is 0 Å². The number of hydrogen-bond donors (Lipinski definition) is 1. The first-order chi connectivity index (χ1) is 7.88. The molecule has 0 spiro atoms. The molecule has 2 nitrogen and oxygen atoms in total. The molecular formula is C14H28O2. The average Bonchev–Trinajstić information content (AvgIpc) is 3.05. The number of aliphatic hydroxyl groups excluding tert-OH is 1. The Hall–Kier alpha value is -0.0800. The van der Waals surface area contributed by atoms with Gasteiger partial charge in [-0.15, -0.1) is 0 Å². The molecule has 0 bridgehead atoms. The molecule has 1 aliphatic heterocycles. The zero-order valence-corrected chi connectivity index (χ0v) is 10.8. The van der Waals surface area contributed by atoms with E-state index in [-0.39, 0.29) is 0 Å². The Morgan fingerprint density at radius 3 is 1.88 bits per heavy atom. The van der Waals surface area contributed by atoms with Crippen molar-refractivity contribution in [2.75, 3.05) is 6.61 Å². The van der Waals surface area contributed by atoms with E-state index in [2.05, 4.69) is 6.92 Å². The van der Waals surface area contributed by atoms with Crippen molar-refractivity contribution in [1.82, 2.24) is 0 Å². The van der Waals surface area contributed by atoms with Crippen LogP contribution in [0, 0.1) is 0 Å². The molecule has 1 saturated heterocycles. The molecule has 96 valence electrons. The number of ether oxygens (including phenoxy) is 1. The summed E-state index contributed by atoms with van der Waals surface area (Å²) in [5.74, 6) is 0. The van der Waals surface area contributed by atoms with E-state index in [1.807, 2.05) is 0 Å². The molecule has 1 aliphatic rings. The fourth-order valence-corrected chi connectivity index (χ4v) is 2.31. The smallest absolute Gasteiger partial charge is 0.0841 e. The third-order valence-corrected chi connectivity index (χ3v) is 3.49. The molecule has 0 aliphatic carbocycles. The first kappa shape index (κ1) is 14.0. The van der Waals surface area contributed by atoms with E-state index in [1.165, 1.54) is 57.8 Å². The highest BCUT2D eigenvalue weighted by Gasteiger charge is 2.35. The fourth-order valence-electron chi connectivity index (χ4n) is 2.31. The van der Waals surface area contributed by atoms with Crippen molar-refractivity contribution < 1.29 is 9.84 Å². The second-order valence-electron chi connectivity index (χ2n) is 4.96. The summed E-state index contributed by atoms with van der Waals surface area (Å²) >= 11 is 0. The summed E-state index contributed by atoms with van der Waals surface area (Å²) < 4.78 is 5.51. The lowest BCUT2D eigenvalue weighted by Crippen LogP contribution is -1.92. The molecule has 0 radical (unpaired) electrons. The molecule has 0 aromatic heterocycles. The molecule has 2 atom stereocenters. The van der Waals surface area contributed by atoms with E-state index in [0.717, 1.165) is 6.42 Å². The number of unbranched alkanes of at least 4 members (excludes halogenated alkanes) is 7. The normalized spacial score (nSPS) is 23.6. The maximum Gasteiger partial charge on any atom is 0.0841 e. The van der Waals surface area contributed by atoms with Gasteiger partial charge >= 0.3 is 0 Å². The summed E-state index contributed by atoms with van der Waals surface area (Å²) in [6.07, 6.45) is 14.0. The summed E-state index contributed by atoms with van der Waals surface area (Å²) in [6.45, 7) is 2.57. The van der Waals surface area contributed by atoms with Crippen LogP contribution in [-0.2, 0) is 4.74 Å². The maximum absolute atomic E-state index is 8.63. The molecule has 0 aromatic carbocycles. The lowest BCUT2D eigenvalue weighted by molar-refractivity contribution is 0.282. The van der Waals surface area contributed by atoms with Gasteiger partial charge < -0.3 is 9.84 Å². The van der Waals surface area contributed by atoms with Gasteiger partial charge in [-0.2, -0.15) is 0 Å². The molecule has 1 N–H and O–H groups in total. The molecule has 1 heterocycles. The molecule has 0 amide bonds. The Labute approximate surface area is 100 Å². The second kappa shape index (κ2) is 9.00. The van der Waals surface area contributed by atoms with E-state index >= 15 is 0 Å². The largest absolute Gasteiger partial charge is 0.396 e. The summed E-state index contributed by atoms with van der Waals surface area (Å²) in [6, 6.07) is 0. The number of aliphatic hydroxyl groups is 1. The average molecular weight is 228 g/mol. The van der Waals surface area contributed by atoms with Crippen molar-refractivity contribution in [3.63, 3.8) is 0 Å². The van der Waals surface area contributed by atoms with Gasteiger partial charge in [-0.25, -0.2) is 0 Å². The van der Waals surface area contributed by atoms with Crippen molar-refractivity contribution >= 4 is 0 Å². The van der Waals surface area contributed by atoms with Crippen LogP contribution in [-0.4, -0.2) is 23.9 Å². The van der Waals surface area contributed by atoms with Gasteiger partial charge in [0.05, 0.1) is 12.2 Å². The Kier molecular flexibility index (Phi) is 7.87. The maximum atomic E-state index is 8.63. The fraction of sp³-hybridized carbons (Fsp3) is 1.00. The number of epoxide rings is 1. The monoisotopic (exact) mass is 228 g/mol. The van der Waals surface area contributed by atoms with Gasteiger partial charge in [0.25, 0.3) is 0 Å². The minimum Gasteiger partial charge on any atom is -0.396 e. The highest BCUT2D eigenvalue weighted by atomic mass is 16.6. The van der Waals surface area contributed by atoms with Crippen molar-refractivity contribution in [2.45, 2.75) is 83.3 Å². The van der Waals surface area contributed by atoms with Gasteiger partial charge in [0.15, 0.2) is 0 Å². The predicted molar refractivity (Wildman–Crippen MR) is 67.6 cm³/mol. The number of hydrogen-bond acceptors (Lipinski definition) is 2. The van der Waals surface area contributed by atoms with Gasteiger partial charge in [0.2, 0.25) is 0 Å². The Morgan fingerprint density at radius 2 is 1.38 bits per heavy atom. The van der Waals surface area contributed by atoms with Crippen LogP contribution in [0.2, 0.25) is 0 Å². The number of rotatable bonds is 11. The molecule has 0 saturated carbocycles. The van der Waals surface area contributed by atoms with Crippen LogP contribution < -0.4 is 0 Å². The molecular weight excluding hydrogens is 200 g/mol. The predicted octanol–water partition coefficient (Wildman–Crippen LogP) is 3.67. The van der Waals surface area contributed by atoms with E-state index in [4.69, 9.17) is 9.84 Å². The van der Waals surface area contributed by atoms with Crippen molar-refractivity contribution in [2.24, 2.45) is 0 Å². The van der Waals surface area contributed by atoms with Crippen LogP contribution in [0.3, 0.4) is 0 Å². The van der Waals surface area contributed by atoms with Gasteiger partial charge in [0.1, 0.15) is 0 Å². The quantitative estimate of drug-likeness (QED) is 0.432. The van der Waals surface area contributed by atoms with E-state index in [0.29, 0.717) is 18.8 Å². The minimum absolute atomic E-state index is 0.361. The van der Waals surface area contributed by atoms with E-state index in [9.17, 15) is 0 Å². The van der Waals surface area contributed by atoms with Gasteiger partial charge in [0, 0.05) is 6.61 Å². The first-order valence-corrected chi connectivity index (χ1v) is 7.14. The lowest BCUT2D eigenvalue weighted by Gasteiger charge is -2.00. The van der Waals surface area contributed by atoms with Crippen LogP contribution in [0.25, 0.3) is 0 Å². The van der Waals surface area contributed by atoms with Gasteiger partial charge in [-0.05, 0) is 19.3 Å². The standard InChI is InChI=1S/C14H28O2/c1-2-13-14(16-13)11-9-7-5-3-4-6-8-10-12-15/h13-15H,2-12H2,1H3. The molecule has 2 unspecified atom stereocenters. The van der Waals surface area contributed by atoms with Crippen molar-refractivity contribution in [3.8, 4) is 0 Å². The zero-order chi connectivity index (χ0) is 11.6. The van der Waals surface area contributed by atoms with Crippen molar-refractivity contribution in [3.05, 3.63) is 0 Å². The molecule has 2 heteroatoms. The Bertz CT molecular complexity index is 159. The first-order valence-electron chi connectivity index (χ1n) is 7.14. The second-order valence-corrected chi connectivity index (χ2v) is 4.96. The van der Waals surface area contributed by atoms with E-state index < -0.39 is 0 Å². The molecule has 0 aromatic rings. The summed E-state index contributed by atoms with van der Waals surface area (Å²) in [5.41, 5.74) is 0. The topological polar surface area (TPSA) is 32.8 Å². The zero-order valence-electron chi connectivity index (χ0n) is 10.8. The van der Waals surface area contributed by atoms with Gasteiger partial charge in [-0.3, -0.25) is 0 Å². The van der Waals surface area contributed by atoms with Crippen LogP contribution >= 0.6 is 0 Å². The van der Waals surface area contributed by atoms with Crippen LogP contribution in [0.15, 0.2) is 0 Å². The lowest BCUT2D eigenvalue weighted by atomic mass is 10.1. The summed E-state index contributed by atoms with van der Waals surface area (Å²) in [7, 11) is 0. The van der Waals surface area contributed by atoms with Crippen molar-refractivity contribution in [1.29, 1.82) is 0 Å². The minimum atomic E-state index is 0.361. The van der Waals surface area contributed by atoms with Crippen LogP contribution in [0.1, 0.15) is 71.1 Å². The van der Waals surface area contributed by atoms with E-state index in [1.54, 1.807) is 0 Å². The SMILES string of the molecule is CCC1OC1CCCCCCCCCCO.